The first-order valence-electron chi connectivity index (χ1n) is 12.5. The number of carbonyl (C=O) groups excluding carboxylic acids is 2. The van der Waals surface area contributed by atoms with E-state index < -0.39 is 0 Å². The van der Waals surface area contributed by atoms with E-state index in [-0.39, 0.29) is 36.8 Å². The zero-order chi connectivity index (χ0) is 25.3. The first kappa shape index (κ1) is 28.2. The molecule has 1 N–H and O–H groups in total. The number of allylic oxidation sites excluding steroid dienone is 1. The van der Waals surface area contributed by atoms with Gasteiger partial charge in [0, 0.05) is 18.5 Å². The highest BCUT2D eigenvalue weighted by atomic mass is 19.1. The molecule has 0 saturated heterocycles. The normalized spacial score (nSPS) is 12.1. The van der Waals surface area contributed by atoms with Crippen molar-refractivity contribution < 1.29 is 18.7 Å². The summed E-state index contributed by atoms with van der Waals surface area (Å²) in [5.74, 6) is -0.537. The van der Waals surface area contributed by atoms with Crippen molar-refractivity contribution in [3.05, 3.63) is 77.6 Å². The second-order valence-electron chi connectivity index (χ2n) is 9.11. The van der Waals surface area contributed by atoms with Crippen LogP contribution >= 0.6 is 0 Å². The van der Waals surface area contributed by atoms with Gasteiger partial charge in [-0.05, 0) is 45.0 Å². The van der Waals surface area contributed by atoms with Gasteiger partial charge in [-0.2, -0.15) is 0 Å². The summed E-state index contributed by atoms with van der Waals surface area (Å²) in [5.41, 5.74) is 1.56. The van der Waals surface area contributed by atoms with Gasteiger partial charge in [0.15, 0.2) is 0 Å². The molecule has 0 aromatic heterocycles. The van der Waals surface area contributed by atoms with Gasteiger partial charge in [0.1, 0.15) is 12.4 Å². The van der Waals surface area contributed by atoms with Crippen LogP contribution in [0.3, 0.4) is 0 Å². The van der Waals surface area contributed by atoms with E-state index in [1.54, 1.807) is 12.1 Å². The van der Waals surface area contributed by atoms with Crippen molar-refractivity contribution in [3.8, 4) is 0 Å². The maximum Gasteiger partial charge on any atom is 0.308 e. The molecule has 0 heterocycles. The number of nitrogens with zero attached hydrogens (tertiary/aromatic N) is 1. The summed E-state index contributed by atoms with van der Waals surface area (Å²) in [6, 6.07) is 16.0. The number of unbranched alkanes of at least 4 members (excludes halogenated alkanes) is 5. The number of rotatable bonds is 16. The molecule has 2 rings (SSSR count). The minimum atomic E-state index is -0.315. The summed E-state index contributed by atoms with van der Waals surface area (Å²) in [6.45, 7) is 0.813. The molecular weight excluding hydrogens is 443 g/mol. The van der Waals surface area contributed by atoms with Crippen molar-refractivity contribution in [2.45, 2.75) is 64.0 Å². The van der Waals surface area contributed by atoms with Gasteiger partial charge in [0.2, 0.25) is 5.91 Å². The van der Waals surface area contributed by atoms with Gasteiger partial charge in [0.25, 0.3) is 0 Å². The average Bonchev–Trinajstić information content (AvgIpc) is 2.83. The lowest BCUT2D eigenvalue weighted by Crippen LogP contribution is -2.43. The Morgan fingerprint density at radius 2 is 1.66 bits per heavy atom. The van der Waals surface area contributed by atoms with E-state index in [1.165, 1.54) is 6.07 Å². The maximum atomic E-state index is 13.6. The predicted octanol–water partition coefficient (Wildman–Crippen LogP) is 5.75. The number of benzene rings is 2. The van der Waals surface area contributed by atoms with Crippen LogP contribution in [0, 0.1) is 5.82 Å². The van der Waals surface area contributed by atoms with E-state index in [4.69, 9.17) is 4.74 Å². The van der Waals surface area contributed by atoms with Crippen LogP contribution in [-0.2, 0) is 20.9 Å². The fourth-order valence-electron chi connectivity index (χ4n) is 3.80. The quantitative estimate of drug-likeness (QED) is 0.245. The molecule has 6 heteroatoms. The van der Waals surface area contributed by atoms with Crippen LogP contribution in [-0.4, -0.2) is 43.5 Å². The molecule has 0 spiro atoms. The molecule has 0 fully saturated rings. The third kappa shape index (κ3) is 12.9. The van der Waals surface area contributed by atoms with Crippen molar-refractivity contribution in [3.63, 3.8) is 0 Å². The largest absolute Gasteiger partial charge is 0.461 e. The van der Waals surface area contributed by atoms with Gasteiger partial charge >= 0.3 is 5.97 Å². The predicted molar refractivity (Wildman–Crippen MR) is 139 cm³/mol. The Labute approximate surface area is 209 Å². The highest BCUT2D eigenvalue weighted by Crippen LogP contribution is 2.12. The Hall–Kier alpha value is -2.99. The molecule has 0 bridgehead atoms. The zero-order valence-electron chi connectivity index (χ0n) is 21.0. The lowest BCUT2D eigenvalue weighted by Gasteiger charge is -2.22. The van der Waals surface area contributed by atoms with E-state index in [9.17, 15) is 14.0 Å². The van der Waals surface area contributed by atoms with Crippen LogP contribution < -0.4 is 5.32 Å². The summed E-state index contributed by atoms with van der Waals surface area (Å²) >= 11 is 0. The third-order valence-corrected chi connectivity index (χ3v) is 5.58. The minimum absolute atomic E-state index is 0.0273. The number of nitrogens with one attached hydrogen (secondary N) is 1. The summed E-state index contributed by atoms with van der Waals surface area (Å²) in [7, 11) is 3.83. The number of carbonyl (C=O) groups is 2. The Bertz CT molecular complexity index is 915. The van der Waals surface area contributed by atoms with Crippen LogP contribution in [0.4, 0.5) is 4.39 Å². The molecule has 1 atom stereocenters. The smallest absolute Gasteiger partial charge is 0.308 e. The summed E-state index contributed by atoms with van der Waals surface area (Å²) in [4.78, 5) is 26.6. The molecule has 0 unspecified atom stereocenters. The van der Waals surface area contributed by atoms with Crippen LogP contribution in [0.1, 0.15) is 62.5 Å². The van der Waals surface area contributed by atoms with Crippen molar-refractivity contribution in [1.29, 1.82) is 0 Å². The van der Waals surface area contributed by atoms with Crippen LogP contribution in [0.5, 0.6) is 0 Å². The van der Waals surface area contributed by atoms with Crippen molar-refractivity contribution in [2.75, 3.05) is 20.6 Å². The molecule has 5 nitrogen and oxygen atoms in total. The lowest BCUT2D eigenvalue weighted by molar-refractivity contribution is -0.145. The lowest BCUT2D eigenvalue weighted by atomic mass is 10.1. The van der Waals surface area contributed by atoms with Gasteiger partial charge in [-0.1, -0.05) is 79.9 Å². The van der Waals surface area contributed by atoms with E-state index in [0.717, 1.165) is 44.1 Å². The maximum absolute atomic E-state index is 13.6. The molecule has 0 aliphatic carbocycles. The first-order chi connectivity index (χ1) is 16.9. The molecule has 2 aromatic rings. The fourth-order valence-corrected chi connectivity index (χ4v) is 3.80. The number of hydrogen-bond donors (Lipinski definition) is 1. The molecule has 0 radical (unpaired) electrons. The Morgan fingerprint density at radius 3 is 2.40 bits per heavy atom. The van der Waals surface area contributed by atoms with Gasteiger partial charge in [-0.25, -0.2) is 4.39 Å². The van der Waals surface area contributed by atoms with E-state index in [0.29, 0.717) is 18.5 Å². The second-order valence-corrected chi connectivity index (χ2v) is 9.11. The number of esters is 1. The number of halogens is 1. The number of likely N-dealkylation sites (N-methyl/N-ethyl adjacent to an activating group) is 1. The van der Waals surface area contributed by atoms with Crippen molar-refractivity contribution in [2.24, 2.45) is 0 Å². The van der Waals surface area contributed by atoms with Crippen molar-refractivity contribution >= 4 is 18.0 Å². The van der Waals surface area contributed by atoms with Gasteiger partial charge < -0.3 is 15.0 Å². The molecule has 0 aliphatic heterocycles. The highest BCUT2D eigenvalue weighted by molar-refractivity contribution is 5.77. The van der Waals surface area contributed by atoms with E-state index in [1.807, 2.05) is 67.5 Å². The summed E-state index contributed by atoms with van der Waals surface area (Å²) < 4.78 is 18.9. The van der Waals surface area contributed by atoms with Gasteiger partial charge in [-0.3, -0.25) is 9.59 Å². The second kappa shape index (κ2) is 16.6. The summed E-state index contributed by atoms with van der Waals surface area (Å²) in [5, 5.41) is 3.00. The third-order valence-electron chi connectivity index (χ3n) is 5.58. The zero-order valence-corrected chi connectivity index (χ0v) is 21.0. The molecule has 0 saturated carbocycles. The van der Waals surface area contributed by atoms with Gasteiger partial charge in [0.05, 0.1) is 12.5 Å². The molecule has 1 amide bonds. The number of amides is 1. The average molecular weight is 483 g/mol. The monoisotopic (exact) mass is 482 g/mol. The SMILES string of the molecule is CN(C)C[C@@H](CC(=O)OCc1ccccc1)NC(=O)CCCCCCCC=Cc1ccccc1F. The first-order valence-corrected chi connectivity index (χ1v) is 12.5. The Kier molecular flexibility index (Phi) is 13.4. The minimum Gasteiger partial charge on any atom is -0.461 e. The van der Waals surface area contributed by atoms with E-state index in [2.05, 4.69) is 5.32 Å². The van der Waals surface area contributed by atoms with Gasteiger partial charge in [-0.15, -0.1) is 0 Å². The van der Waals surface area contributed by atoms with E-state index >= 15 is 0 Å². The standard InChI is InChI=1S/C29H39FN2O3/c1-32(2)22-26(21-29(34)35-23-24-15-9-8-10-16-24)31-28(33)20-12-7-5-3-4-6-11-17-25-18-13-14-19-27(25)30/h8-11,13-19,26H,3-7,12,20-23H2,1-2H3,(H,31,33)/t26-/m1/s1. The Balaban J connectivity index is 1.58. The van der Waals surface area contributed by atoms with Crippen LogP contribution in [0.15, 0.2) is 60.7 Å². The number of ether oxygens (including phenoxy) is 1. The van der Waals surface area contributed by atoms with Crippen LogP contribution in [0.25, 0.3) is 6.08 Å². The Morgan fingerprint density at radius 1 is 0.971 bits per heavy atom. The summed E-state index contributed by atoms with van der Waals surface area (Å²) in [6.07, 6.45) is 10.4. The molecule has 0 aliphatic rings. The molecule has 2 aromatic carbocycles. The fraction of sp³-hybridized carbons (Fsp3) is 0.448. The molecular formula is C29H39FN2O3. The molecule has 190 valence electrons. The number of hydrogen-bond acceptors (Lipinski definition) is 4. The topological polar surface area (TPSA) is 58.6 Å². The highest BCUT2D eigenvalue weighted by Gasteiger charge is 2.18. The molecule has 35 heavy (non-hydrogen) atoms. The van der Waals surface area contributed by atoms with Crippen LogP contribution in [0.2, 0.25) is 0 Å². The van der Waals surface area contributed by atoms with Crippen molar-refractivity contribution in [1.82, 2.24) is 10.2 Å².